The molecule has 2 atom stereocenters. The average molecular weight is 388 g/mol. The van der Waals surface area contributed by atoms with Crippen LogP contribution in [0.4, 0.5) is 5.69 Å². The monoisotopic (exact) mass is 388 g/mol. The van der Waals surface area contributed by atoms with Gasteiger partial charge in [-0.3, -0.25) is 9.10 Å². The van der Waals surface area contributed by atoms with Gasteiger partial charge < -0.3 is 10.1 Å². The number of hydrogen-bond donors (Lipinski definition) is 1. The highest BCUT2D eigenvalue weighted by atomic mass is 32.2. The van der Waals surface area contributed by atoms with E-state index in [1.54, 1.807) is 24.3 Å². The Bertz CT molecular complexity index is 972. The third-order valence-electron chi connectivity index (χ3n) is 4.69. The summed E-state index contributed by atoms with van der Waals surface area (Å²) >= 11 is 0. The Hall–Kier alpha value is -2.54. The van der Waals surface area contributed by atoms with Crippen LogP contribution < -0.4 is 14.4 Å². The van der Waals surface area contributed by atoms with Crippen LogP contribution in [-0.4, -0.2) is 33.2 Å². The zero-order chi connectivity index (χ0) is 19.8. The van der Waals surface area contributed by atoms with Crippen LogP contribution in [0.25, 0.3) is 0 Å². The minimum atomic E-state index is -3.53. The number of rotatable bonds is 4. The molecule has 1 aliphatic heterocycles. The van der Waals surface area contributed by atoms with E-state index in [2.05, 4.69) is 5.32 Å². The molecule has 0 saturated carbocycles. The molecule has 1 heterocycles. The molecule has 27 heavy (non-hydrogen) atoms. The molecule has 0 spiro atoms. The highest BCUT2D eigenvalue weighted by molar-refractivity contribution is 7.92. The number of anilines is 1. The normalized spacial score (nSPS) is 17.6. The number of nitrogens with one attached hydrogen (secondary N) is 1. The van der Waals surface area contributed by atoms with Gasteiger partial charge in [0.2, 0.25) is 10.0 Å². The van der Waals surface area contributed by atoms with Gasteiger partial charge in [-0.15, -0.1) is 0 Å². The number of fused-ring (bicyclic) bond motifs is 1. The van der Waals surface area contributed by atoms with E-state index in [0.29, 0.717) is 11.4 Å². The molecule has 0 unspecified atom stereocenters. The molecule has 7 heteroatoms. The Balaban J connectivity index is 1.82. The molecule has 1 aliphatic rings. The second-order valence-corrected chi connectivity index (χ2v) is 8.87. The molecule has 1 N–H and O–H groups in total. The zero-order valence-electron chi connectivity index (χ0n) is 15.9. The topological polar surface area (TPSA) is 75.7 Å². The summed E-state index contributed by atoms with van der Waals surface area (Å²) in [5.74, 6) is 0.0419. The first-order valence-corrected chi connectivity index (χ1v) is 10.6. The van der Waals surface area contributed by atoms with Gasteiger partial charge in [0.15, 0.2) is 6.10 Å². The molecular weight excluding hydrogens is 364 g/mol. The minimum absolute atomic E-state index is 0.0544. The minimum Gasteiger partial charge on any atom is -0.476 e. The molecule has 0 radical (unpaired) electrons. The van der Waals surface area contributed by atoms with Crippen molar-refractivity contribution in [2.24, 2.45) is 0 Å². The van der Waals surface area contributed by atoms with Crippen LogP contribution in [0.15, 0.2) is 42.5 Å². The highest BCUT2D eigenvalue weighted by Gasteiger charge is 2.35. The van der Waals surface area contributed by atoms with Crippen molar-refractivity contribution in [2.45, 2.75) is 32.9 Å². The zero-order valence-corrected chi connectivity index (χ0v) is 16.7. The lowest BCUT2D eigenvalue weighted by molar-refractivity contribution is -0.128. The summed E-state index contributed by atoms with van der Waals surface area (Å²) in [6.45, 7) is 5.85. The van der Waals surface area contributed by atoms with E-state index in [1.807, 2.05) is 39.0 Å². The third kappa shape index (κ3) is 4.08. The van der Waals surface area contributed by atoms with Crippen molar-refractivity contribution in [3.63, 3.8) is 0 Å². The lowest BCUT2D eigenvalue weighted by atomic mass is 10.00. The SMILES string of the molecule is Cc1ccc(C)c([C@@H](C)NC(=O)[C@@H]2CN(S(C)(=O)=O)c3ccccc3O2)c1. The largest absolute Gasteiger partial charge is 0.476 e. The standard InChI is InChI=1S/C20H24N2O4S/c1-13-9-10-14(2)16(11-13)15(3)21-20(23)19-12-22(27(4,24)25)17-7-5-6-8-18(17)26-19/h5-11,15,19H,12H2,1-4H3,(H,21,23)/t15-,19+/m1/s1. The molecule has 144 valence electrons. The first-order chi connectivity index (χ1) is 12.7. The van der Waals surface area contributed by atoms with Crippen molar-refractivity contribution in [3.8, 4) is 5.75 Å². The molecule has 6 nitrogen and oxygen atoms in total. The van der Waals surface area contributed by atoms with Crippen molar-refractivity contribution in [1.82, 2.24) is 5.32 Å². The first kappa shape index (κ1) is 19.2. The number of benzene rings is 2. The van der Waals surface area contributed by atoms with Crippen molar-refractivity contribution in [3.05, 3.63) is 59.2 Å². The molecule has 0 fully saturated rings. The van der Waals surface area contributed by atoms with Crippen LogP contribution in [0.5, 0.6) is 5.75 Å². The second-order valence-electron chi connectivity index (χ2n) is 6.96. The number of sulfonamides is 1. The molecule has 0 aromatic heterocycles. The number of amides is 1. The van der Waals surface area contributed by atoms with E-state index in [9.17, 15) is 13.2 Å². The molecule has 2 aromatic rings. The van der Waals surface area contributed by atoms with Gasteiger partial charge in [0, 0.05) is 0 Å². The second kappa shape index (κ2) is 7.23. The maximum Gasteiger partial charge on any atom is 0.263 e. The van der Waals surface area contributed by atoms with Crippen LogP contribution in [-0.2, 0) is 14.8 Å². The summed E-state index contributed by atoms with van der Waals surface area (Å²) < 4.78 is 31.4. The third-order valence-corrected chi connectivity index (χ3v) is 5.83. The Labute approximate surface area is 160 Å². The van der Waals surface area contributed by atoms with Gasteiger partial charge in [-0.25, -0.2) is 8.42 Å². The van der Waals surface area contributed by atoms with Crippen LogP contribution in [0, 0.1) is 13.8 Å². The lowest BCUT2D eigenvalue weighted by Gasteiger charge is -2.34. The summed E-state index contributed by atoms with van der Waals surface area (Å²) in [6.07, 6.45) is 0.213. The predicted octanol–water partition coefficient (Wildman–Crippen LogP) is 2.71. The Morgan fingerprint density at radius 3 is 2.63 bits per heavy atom. The van der Waals surface area contributed by atoms with Gasteiger partial charge in [0.1, 0.15) is 5.75 Å². The molecule has 1 amide bonds. The quantitative estimate of drug-likeness (QED) is 0.874. The van der Waals surface area contributed by atoms with Gasteiger partial charge in [0.25, 0.3) is 5.91 Å². The Morgan fingerprint density at radius 2 is 1.93 bits per heavy atom. The van der Waals surface area contributed by atoms with Crippen LogP contribution >= 0.6 is 0 Å². The number of ether oxygens (including phenoxy) is 1. The molecule has 2 aromatic carbocycles. The van der Waals surface area contributed by atoms with E-state index in [4.69, 9.17) is 4.74 Å². The van der Waals surface area contributed by atoms with E-state index < -0.39 is 16.1 Å². The molecule has 0 saturated heterocycles. The van der Waals surface area contributed by atoms with E-state index >= 15 is 0 Å². The van der Waals surface area contributed by atoms with Gasteiger partial charge in [-0.2, -0.15) is 0 Å². The van der Waals surface area contributed by atoms with E-state index in [1.165, 1.54) is 4.31 Å². The van der Waals surface area contributed by atoms with Crippen molar-refractivity contribution in [2.75, 3.05) is 17.1 Å². The van der Waals surface area contributed by atoms with Crippen molar-refractivity contribution >= 4 is 21.6 Å². The Kier molecular flexibility index (Phi) is 5.15. The highest BCUT2D eigenvalue weighted by Crippen LogP contribution is 2.34. The maximum atomic E-state index is 12.8. The number of carbonyl (C=O) groups is 1. The molecular formula is C20H24N2O4S. The summed E-state index contributed by atoms with van der Waals surface area (Å²) in [7, 11) is -3.53. The van der Waals surface area contributed by atoms with Gasteiger partial charge in [-0.1, -0.05) is 35.9 Å². The van der Waals surface area contributed by atoms with Crippen molar-refractivity contribution < 1.29 is 17.9 Å². The number of carbonyl (C=O) groups excluding carboxylic acids is 1. The Morgan fingerprint density at radius 1 is 1.22 bits per heavy atom. The van der Waals surface area contributed by atoms with Crippen LogP contribution in [0.2, 0.25) is 0 Å². The predicted molar refractivity (Wildman–Crippen MR) is 106 cm³/mol. The first-order valence-electron chi connectivity index (χ1n) is 8.77. The maximum absolute atomic E-state index is 12.8. The van der Waals surface area contributed by atoms with Crippen molar-refractivity contribution in [1.29, 1.82) is 0 Å². The fraction of sp³-hybridized carbons (Fsp3) is 0.350. The lowest BCUT2D eigenvalue weighted by Crippen LogP contribution is -2.50. The molecule has 0 bridgehead atoms. The number of hydrogen-bond acceptors (Lipinski definition) is 4. The molecule has 3 rings (SSSR count). The average Bonchev–Trinajstić information content (AvgIpc) is 2.61. The van der Waals surface area contributed by atoms with Crippen LogP contribution in [0.1, 0.15) is 29.7 Å². The van der Waals surface area contributed by atoms with Gasteiger partial charge in [-0.05, 0) is 44.0 Å². The van der Waals surface area contributed by atoms with E-state index in [0.717, 1.165) is 22.9 Å². The van der Waals surface area contributed by atoms with E-state index in [-0.39, 0.29) is 18.5 Å². The fourth-order valence-electron chi connectivity index (χ4n) is 3.26. The fourth-order valence-corrected chi connectivity index (χ4v) is 4.18. The summed E-state index contributed by atoms with van der Waals surface area (Å²) in [6, 6.07) is 12.7. The number of para-hydroxylation sites is 2. The summed E-state index contributed by atoms with van der Waals surface area (Å²) in [4.78, 5) is 12.8. The smallest absolute Gasteiger partial charge is 0.263 e. The molecule has 0 aliphatic carbocycles. The van der Waals surface area contributed by atoms with Crippen LogP contribution in [0.3, 0.4) is 0 Å². The van der Waals surface area contributed by atoms with Gasteiger partial charge in [0.05, 0.1) is 24.5 Å². The number of aryl methyl sites for hydroxylation is 2. The number of nitrogens with zero attached hydrogens (tertiary/aromatic N) is 1. The van der Waals surface area contributed by atoms with Gasteiger partial charge >= 0.3 is 0 Å². The summed E-state index contributed by atoms with van der Waals surface area (Å²) in [5, 5.41) is 2.95. The summed E-state index contributed by atoms with van der Waals surface area (Å²) in [5.41, 5.74) is 3.68.